The summed E-state index contributed by atoms with van der Waals surface area (Å²) in [6.07, 6.45) is 3.41. The number of hydrogen-bond acceptors (Lipinski definition) is 4. The van der Waals surface area contributed by atoms with Gasteiger partial charge in [-0.25, -0.2) is 4.39 Å². The topological polar surface area (TPSA) is 98.7 Å². The Hall–Kier alpha value is -3.85. The summed E-state index contributed by atoms with van der Waals surface area (Å²) in [5.41, 5.74) is 12.0. The van der Waals surface area contributed by atoms with E-state index in [9.17, 15) is 9.65 Å². The predicted octanol–water partition coefficient (Wildman–Crippen LogP) is 6.09. The fourth-order valence-electron chi connectivity index (χ4n) is 3.25. The SMILES string of the molecule is C=C/C(C)=C(\C(C)=C(/C)OC)c1[nH]c(/C=C(\C(C)=N)c2ccc(F)cc2)c(C#N)c1N. The molecule has 160 valence electrons. The number of nitrogens with one attached hydrogen (secondary N) is 2. The maximum absolute atomic E-state index is 13.4. The summed E-state index contributed by atoms with van der Waals surface area (Å²) in [7, 11) is 1.59. The fraction of sp³-hybridized carbons (Fsp3) is 0.200. The Bertz CT molecular complexity index is 1160. The van der Waals surface area contributed by atoms with E-state index in [1.807, 2.05) is 20.8 Å². The number of aromatic amines is 1. The average molecular weight is 419 g/mol. The number of H-pyrrole nitrogens is 1. The summed E-state index contributed by atoms with van der Waals surface area (Å²) in [5.74, 6) is 0.350. The van der Waals surface area contributed by atoms with Crippen LogP contribution in [0.2, 0.25) is 0 Å². The zero-order valence-corrected chi connectivity index (χ0v) is 18.5. The summed E-state index contributed by atoms with van der Waals surface area (Å²) < 4.78 is 18.8. The van der Waals surface area contributed by atoms with E-state index in [0.29, 0.717) is 34.0 Å². The van der Waals surface area contributed by atoms with E-state index in [2.05, 4.69) is 17.6 Å². The highest BCUT2D eigenvalue weighted by atomic mass is 19.1. The van der Waals surface area contributed by atoms with Crippen LogP contribution in [0.1, 0.15) is 50.2 Å². The van der Waals surface area contributed by atoms with Gasteiger partial charge in [-0.3, -0.25) is 0 Å². The first-order chi connectivity index (χ1) is 14.7. The van der Waals surface area contributed by atoms with E-state index in [4.69, 9.17) is 15.9 Å². The van der Waals surface area contributed by atoms with Crippen molar-refractivity contribution in [2.45, 2.75) is 27.7 Å². The van der Waals surface area contributed by atoms with Gasteiger partial charge in [-0.05, 0) is 62.6 Å². The van der Waals surface area contributed by atoms with Crippen LogP contribution in [-0.2, 0) is 4.74 Å². The number of ether oxygens (including phenoxy) is 1. The minimum absolute atomic E-state index is 0.271. The number of nitriles is 1. The first kappa shape index (κ1) is 23.4. The van der Waals surface area contributed by atoms with Crippen molar-refractivity contribution in [3.63, 3.8) is 0 Å². The molecule has 6 heteroatoms. The fourth-order valence-corrected chi connectivity index (χ4v) is 3.25. The number of hydrogen-bond donors (Lipinski definition) is 3. The second-order valence-electron chi connectivity index (χ2n) is 7.15. The van der Waals surface area contributed by atoms with Crippen molar-refractivity contribution in [2.75, 3.05) is 12.8 Å². The quantitative estimate of drug-likeness (QED) is 0.288. The molecule has 0 saturated heterocycles. The molecule has 5 nitrogen and oxygen atoms in total. The van der Waals surface area contributed by atoms with E-state index in [0.717, 1.165) is 16.7 Å². The first-order valence-corrected chi connectivity index (χ1v) is 9.66. The van der Waals surface area contributed by atoms with E-state index in [1.54, 1.807) is 38.3 Å². The lowest BCUT2D eigenvalue weighted by atomic mass is 9.96. The molecular formula is C25H27FN4O. The van der Waals surface area contributed by atoms with Crippen molar-refractivity contribution >= 4 is 28.6 Å². The van der Waals surface area contributed by atoms with Crippen LogP contribution in [0.3, 0.4) is 0 Å². The van der Waals surface area contributed by atoms with Crippen molar-refractivity contribution < 1.29 is 9.13 Å². The molecule has 0 unspecified atom stereocenters. The van der Waals surface area contributed by atoms with Gasteiger partial charge in [-0.15, -0.1) is 0 Å². The Labute approximate surface area is 182 Å². The zero-order valence-electron chi connectivity index (χ0n) is 18.5. The number of nitrogens with two attached hydrogens (primary N) is 1. The number of aromatic nitrogens is 1. The Morgan fingerprint density at radius 3 is 2.32 bits per heavy atom. The molecule has 1 heterocycles. The lowest BCUT2D eigenvalue weighted by Gasteiger charge is -2.14. The molecule has 0 saturated carbocycles. The van der Waals surface area contributed by atoms with Crippen molar-refractivity contribution in [1.29, 1.82) is 10.7 Å². The van der Waals surface area contributed by atoms with Gasteiger partial charge in [-0.2, -0.15) is 5.26 Å². The summed E-state index contributed by atoms with van der Waals surface area (Å²) in [6, 6.07) is 8.02. The summed E-state index contributed by atoms with van der Waals surface area (Å²) >= 11 is 0. The summed E-state index contributed by atoms with van der Waals surface area (Å²) in [6.45, 7) is 11.2. The molecule has 0 spiro atoms. The number of rotatable bonds is 7. The lowest BCUT2D eigenvalue weighted by molar-refractivity contribution is 0.290. The minimum Gasteiger partial charge on any atom is -0.501 e. The van der Waals surface area contributed by atoms with Gasteiger partial charge in [0.05, 0.1) is 29.9 Å². The number of methoxy groups -OCH3 is 1. The molecule has 0 atom stereocenters. The number of benzene rings is 1. The normalized spacial score (nSPS) is 13.1. The Kier molecular flexibility index (Phi) is 7.38. The van der Waals surface area contributed by atoms with Crippen molar-refractivity contribution in [2.24, 2.45) is 0 Å². The molecule has 0 aliphatic rings. The van der Waals surface area contributed by atoms with Gasteiger partial charge in [0, 0.05) is 16.9 Å². The third kappa shape index (κ3) is 4.84. The smallest absolute Gasteiger partial charge is 0.123 e. The zero-order chi connectivity index (χ0) is 23.3. The summed E-state index contributed by atoms with van der Waals surface area (Å²) in [5, 5.41) is 18.0. The van der Waals surface area contributed by atoms with Gasteiger partial charge in [-0.1, -0.05) is 24.8 Å². The standard InChI is InChI=1S/C25H27FN4O/c1-7-14(2)23(15(3)17(5)31-6)25-24(29)21(13-27)22(30-25)12-20(16(4)28)18-8-10-19(26)11-9-18/h7-12,28,30H,1,29H2,2-6H3/b17-15+,20-12+,23-14+,28-16?. The molecule has 0 radical (unpaired) electrons. The highest BCUT2D eigenvalue weighted by Crippen LogP contribution is 2.36. The van der Waals surface area contributed by atoms with E-state index in [-0.39, 0.29) is 17.1 Å². The monoisotopic (exact) mass is 418 g/mol. The second kappa shape index (κ2) is 9.77. The molecule has 0 aliphatic heterocycles. The van der Waals surface area contributed by atoms with Gasteiger partial charge >= 0.3 is 0 Å². The maximum atomic E-state index is 13.4. The van der Waals surface area contributed by atoms with E-state index >= 15 is 0 Å². The van der Waals surface area contributed by atoms with Gasteiger partial charge in [0.15, 0.2) is 0 Å². The van der Waals surface area contributed by atoms with E-state index < -0.39 is 0 Å². The molecule has 1 aromatic carbocycles. The molecule has 0 aliphatic carbocycles. The number of halogens is 1. The average Bonchev–Trinajstić information content (AvgIpc) is 3.06. The van der Waals surface area contributed by atoms with Gasteiger partial charge in [0.2, 0.25) is 0 Å². The molecule has 31 heavy (non-hydrogen) atoms. The van der Waals surface area contributed by atoms with Crippen LogP contribution >= 0.6 is 0 Å². The van der Waals surface area contributed by atoms with Crippen LogP contribution in [0.15, 0.2) is 53.8 Å². The number of nitrogens with zero attached hydrogens (tertiary/aromatic N) is 1. The van der Waals surface area contributed by atoms with Crippen LogP contribution in [0.4, 0.5) is 10.1 Å². The first-order valence-electron chi connectivity index (χ1n) is 9.66. The predicted molar refractivity (Wildman–Crippen MR) is 126 cm³/mol. The molecule has 1 aromatic heterocycles. The molecule has 4 N–H and O–H groups in total. The highest BCUT2D eigenvalue weighted by molar-refractivity contribution is 6.25. The molecule has 0 amide bonds. The molecular weight excluding hydrogens is 391 g/mol. The van der Waals surface area contributed by atoms with Gasteiger partial charge in [0.25, 0.3) is 0 Å². The van der Waals surface area contributed by atoms with Crippen LogP contribution in [-0.4, -0.2) is 17.8 Å². The Morgan fingerprint density at radius 1 is 1.23 bits per heavy atom. The Morgan fingerprint density at radius 2 is 1.84 bits per heavy atom. The van der Waals surface area contributed by atoms with Crippen molar-refractivity contribution in [3.8, 4) is 6.07 Å². The van der Waals surface area contributed by atoms with Crippen molar-refractivity contribution in [3.05, 3.63) is 82.2 Å². The second-order valence-corrected chi connectivity index (χ2v) is 7.15. The Balaban J connectivity index is 2.81. The molecule has 0 fully saturated rings. The van der Waals surface area contributed by atoms with Crippen LogP contribution in [0, 0.1) is 22.6 Å². The molecule has 0 bridgehead atoms. The number of anilines is 1. The van der Waals surface area contributed by atoms with E-state index in [1.165, 1.54) is 12.1 Å². The highest BCUT2D eigenvalue weighted by Gasteiger charge is 2.21. The summed E-state index contributed by atoms with van der Waals surface area (Å²) in [4.78, 5) is 3.25. The van der Waals surface area contributed by atoms with Crippen LogP contribution in [0.5, 0.6) is 0 Å². The number of nitrogen functional groups attached to an aromatic ring is 1. The van der Waals surface area contributed by atoms with Crippen LogP contribution in [0.25, 0.3) is 17.2 Å². The minimum atomic E-state index is -0.361. The maximum Gasteiger partial charge on any atom is 0.123 e. The molecule has 2 rings (SSSR count). The van der Waals surface area contributed by atoms with Crippen molar-refractivity contribution in [1.82, 2.24) is 4.98 Å². The molecule has 2 aromatic rings. The van der Waals surface area contributed by atoms with Crippen LogP contribution < -0.4 is 5.73 Å². The van der Waals surface area contributed by atoms with Gasteiger partial charge in [0.1, 0.15) is 17.4 Å². The lowest BCUT2D eigenvalue weighted by Crippen LogP contribution is -1.99. The third-order valence-corrected chi connectivity index (χ3v) is 5.19. The number of allylic oxidation sites excluding steroid dienone is 6. The third-order valence-electron chi connectivity index (χ3n) is 5.19. The van der Waals surface area contributed by atoms with Gasteiger partial charge < -0.3 is 20.9 Å². The largest absolute Gasteiger partial charge is 0.501 e.